The molecule has 18 heavy (non-hydrogen) atoms. The summed E-state index contributed by atoms with van der Waals surface area (Å²) in [4.78, 5) is 21.4. The predicted octanol–water partition coefficient (Wildman–Crippen LogP) is 1.11. The molecule has 0 unspecified atom stereocenters. The average molecular weight is 258 g/mol. The highest BCUT2D eigenvalue weighted by Crippen LogP contribution is 2.20. The fraction of sp³-hybridized carbons (Fsp3) is 0.833. The zero-order chi connectivity index (χ0) is 13.2. The molecule has 3 N–H and O–H groups in total. The first-order valence-corrected chi connectivity index (χ1v) is 6.53. The van der Waals surface area contributed by atoms with E-state index < -0.39 is 5.97 Å². The van der Waals surface area contributed by atoms with Crippen molar-refractivity contribution in [2.24, 2.45) is 0 Å². The monoisotopic (exact) mass is 258 g/mol. The van der Waals surface area contributed by atoms with Gasteiger partial charge in [-0.1, -0.05) is 12.8 Å². The number of amides is 2. The molecule has 1 aliphatic carbocycles. The minimum absolute atomic E-state index is 0.0573. The van der Waals surface area contributed by atoms with Crippen molar-refractivity contribution in [1.82, 2.24) is 10.6 Å². The van der Waals surface area contributed by atoms with Gasteiger partial charge in [-0.2, -0.15) is 0 Å². The van der Waals surface area contributed by atoms with Gasteiger partial charge in [0, 0.05) is 19.7 Å². The molecule has 0 spiro atoms. The van der Waals surface area contributed by atoms with Crippen LogP contribution >= 0.6 is 0 Å². The third-order valence-corrected chi connectivity index (χ3v) is 2.89. The van der Waals surface area contributed by atoms with Crippen molar-refractivity contribution in [2.75, 3.05) is 19.7 Å². The number of nitrogens with one attached hydrogen (secondary N) is 2. The first-order chi connectivity index (χ1) is 8.68. The molecular formula is C12H22N2O4. The molecule has 0 heterocycles. The SMILES string of the molecule is O=C(O)CCNC(=O)NCCCOC1CCCC1. The molecule has 1 rings (SSSR count). The zero-order valence-corrected chi connectivity index (χ0v) is 10.6. The Kier molecular flexibility index (Phi) is 7.17. The van der Waals surface area contributed by atoms with E-state index in [2.05, 4.69) is 10.6 Å². The molecule has 1 aliphatic rings. The molecule has 0 radical (unpaired) electrons. The highest BCUT2D eigenvalue weighted by Gasteiger charge is 2.14. The number of ether oxygens (including phenoxy) is 1. The predicted molar refractivity (Wildman–Crippen MR) is 66.5 cm³/mol. The summed E-state index contributed by atoms with van der Waals surface area (Å²) in [7, 11) is 0. The van der Waals surface area contributed by atoms with Crippen LogP contribution < -0.4 is 10.6 Å². The minimum atomic E-state index is -0.916. The number of hydrogen-bond donors (Lipinski definition) is 3. The van der Waals surface area contributed by atoms with E-state index in [4.69, 9.17) is 9.84 Å². The molecule has 1 fully saturated rings. The van der Waals surface area contributed by atoms with Crippen LogP contribution in [0.4, 0.5) is 4.79 Å². The molecule has 104 valence electrons. The number of aliphatic carboxylic acids is 1. The van der Waals surface area contributed by atoms with Crippen LogP contribution in [-0.4, -0.2) is 42.9 Å². The maximum absolute atomic E-state index is 11.2. The molecule has 6 nitrogen and oxygen atoms in total. The Morgan fingerprint density at radius 1 is 1.17 bits per heavy atom. The summed E-state index contributed by atoms with van der Waals surface area (Å²) in [5, 5.41) is 13.5. The Hall–Kier alpha value is -1.30. The van der Waals surface area contributed by atoms with E-state index in [-0.39, 0.29) is 19.0 Å². The van der Waals surface area contributed by atoms with Crippen molar-refractivity contribution in [1.29, 1.82) is 0 Å². The lowest BCUT2D eigenvalue weighted by Crippen LogP contribution is -2.37. The van der Waals surface area contributed by atoms with Crippen LogP contribution in [-0.2, 0) is 9.53 Å². The van der Waals surface area contributed by atoms with Gasteiger partial charge < -0.3 is 20.5 Å². The second-order valence-electron chi connectivity index (χ2n) is 4.46. The molecule has 0 aromatic heterocycles. The molecule has 2 amide bonds. The molecule has 0 aliphatic heterocycles. The lowest BCUT2D eigenvalue weighted by molar-refractivity contribution is -0.136. The van der Waals surface area contributed by atoms with Crippen molar-refractivity contribution in [3.8, 4) is 0 Å². The molecule has 0 atom stereocenters. The molecule has 0 aromatic rings. The van der Waals surface area contributed by atoms with Gasteiger partial charge >= 0.3 is 12.0 Å². The summed E-state index contributed by atoms with van der Waals surface area (Å²) in [5.74, 6) is -0.916. The molecule has 0 saturated heterocycles. The van der Waals surface area contributed by atoms with E-state index in [0.29, 0.717) is 19.3 Å². The maximum atomic E-state index is 11.2. The second kappa shape index (κ2) is 8.74. The third kappa shape index (κ3) is 7.11. The highest BCUT2D eigenvalue weighted by molar-refractivity contribution is 5.74. The van der Waals surface area contributed by atoms with Crippen LogP contribution in [0.15, 0.2) is 0 Å². The fourth-order valence-electron chi connectivity index (χ4n) is 1.92. The Morgan fingerprint density at radius 2 is 1.83 bits per heavy atom. The van der Waals surface area contributed by atoms with Gasteiger partial charge in [-0.3, -0.25) is 4.79 Å². The quantitative estimate of drug-likeness (QED) is 0.569. The summed E-state index contributed by atoms with van der Waals surface area (Å²) in [6, 6.07) is -0.322. The van der Waals surface area contributed by atoms with Crippen LogP contribution in [0.5, 0.6) is 0 Å². The summed E-state index contributed by atoms with van der Waals surface area (Å²) < 4.78 is 5.65. The molecule has 1 saturated carbocycles. The Morgan fingerprint density at radius 3 is 2.50 bits per heavy atom. The smallest absolute Gasteiger partial charge is 0.314 e. The van der Waals surface area contributed by atoms with E-state index in [1.165, 1.54) is 12.8 Å². The van der Waals surface area contributed by atoms with E-state index in [9.17, 15) is 9.59 Å². The van der Waals surface area contributed by atoms with Gasteiger partial charge in [-0.25, -0.2) is 4.79 Å². The summed E-state index contributed by atoms with van der Waals surface area (Å²) in [5.41, 5.74) is 0. The Bertz CT molecular complexity index is 265. The van der Waals surface area contributed by atoms with E-state index >= 15 is 0 Å². The number of rotatable bonds is 8. The average Bonchev–Trinajstić information content (AvgIpc) is 2.81. The third-order valence-electron chi connectivity index (χ3n) is 2.89. The van der Waals surface area contributed by atoms with Crippen molar-refractivity contribution >= 4 is 12.0 Å². The van der Waals surface area contributed by atoms with Crippen molar-refractivity contribution in [3.63, 3.8) is 0 Å². The zero-order valence-electron chi connectivity index (χ0n) is 10.6. The molecular weight excluding hydrogens is 236 g/mol. The maximum Gasteiger partial charge on any atom is 0.314 e. The first-order valence-electron chi connectivity index (χ1n) is 6.53. The number of carbonyl (C=O) groups is 2. The van der Waals surface area contributed by atoms with Gasteiger partial charge in [0.25, 0.3) is 0 Å². The summed E-state index contributed by atoms with van der Waals surface area (Å²) >= 11 is 0. The highest BCUT2D eigenvalue weighted by atomic mass is 16.5. The Labute approximate surface area is 107 Å². The van der Waals surface area contributed by atoms with Crippen LogP contribution in [0.2, 0.25) is 0 Å². The normalized spacial score (nSPS) is 15.6. The summed E-state index contributed by atoms with van der Waals surface area (Å²) in [6.07, 6.45) is 5.96. The van der Waals surface area contributed by atoms with Crippen LogP contribution in [0, 0.1) is 0 Å². The number of carboxylic acids is 1. The van der Waals surface area contributed by atoms with Crippen LogP contribution in [0.1, 0.15) is 38.5 Å². The number of urea groups is 1. The minimum Gasteiger partial charge on any atom is -0.481 e. The van der Waals surface area contributed by atoms with Crippen LogP contribution in [0.3, 0.4) is 0 Å². The van der Waals surface area contributed by atoms with Crippen molar-refractivity contribution in [2.45, 2.75) is 44.6 Å². The summed E-state index contributed by atoms with van der Waals surface area (Å²) in [6.45, 7) is 1.37. The van der Waals surface area contributed by atoms with E-state index in [0.717, 1.165) is 19.3 Å². The van der Waals surface area contributed by atoms with Crippen molar-refractivity contribution in [3.05, 3.63) is 0 Å². The lowest BCUT2D eigenvalue weighted by atomic mass is 10.3. The van der Waals surface area contributed by atoms with Gasteiger partial charge in [-0.15, -0.1) is 0 Å². The molecule has 0 bridgehead atoms. The van der Waals surface area contributed by atoms with Gasteiger partial charge in [0.2, 0.25) is 0 Å². The standard InChI is InChI=1S/C12H22N2O4/c15-11(16)6-8-14-12(17)13-7-3-9-18-10-4-1-2-5-10/h10H,1-9H2,(H,15,16)(H2,13,14,17). The Balaban J connectivity index is 1.87. The van der Waals surface area contributed by atoms with Crippen LogP contribution in [0.25, 0.3) is 0 Å². The molecule has 6 heteroatoms. The van der Waals surface area contributed by atoms with Crippen molar-refractivity contribution < 1.29 is 19.4 Å². The number of carbonyl (C=O) groups excluding carboxylic acids is 1. The second-order valence-corrected chi connectivity index (χ2v) is 4.46. The van der Waals surface area contributed by atoms with E-state index in [1.54, 1.807) is 0 Å². The lowest BCUT2D eigenvalue weighted by Gasteiger charge is -2.11. The topological polar surface area (TPSA) is 87.7 Å². The fourth-order valence-corrected chi connectivity index (χ4v) is 1.92. The van der Waals surface area contributed by atoms with Gasteiger partial charge in [0.05, 0.1) is 12.5 Å². The molecule has 0 aromatic carbocycles. The number of carboxylic acid groups (broad SMARTS) is 1. The first kappa shape index (κ1) is 14.8. The van der Waals surface area contributed by atoms with E-state index in [1.807, 2.05) is 0 Å². The largest absolute Gasteiger partial charge is 0.481 e. The van der Waals surface area contributed by atoms with Gasteiger partial charge in [-0.05, 0) is 19.3 Å². The van der Waals surface area contributed by atoms with Gasteiger partial charge in [0.1, 0.15) is 0 Å². The van der Waals surface area contributed by atoms with Gasteiger partial charge in [0.15, 0.2) is 0 Å². The number of hydrogen-bond acceptors (Lipinski definition) is 3.